The fourth-order valence-corrected chi connectivity index (χ4v) is 3.34. The van der Waals surface area contributed by atoms with Crippen LogP contribution in [0.25, 0.3) is 6.08 Å². The summed E-state index contributed by atoms with van der Waals surface area (Å²) in [6, 6.07) is 9.26. The number of carbonyl (C=O) groups is 1. The van der Waals surface area contributed by atoms with Gasteiger partial charge in [-0.15, -0.1) is 0 Å². The average molecular weight is 372 g/mol. The van der Waals surface area contributed by atoms with Crippen molar-refractivity contribution in [3.05, 3.63) is 52.7 Å². The maximum atomic E-state index is 13.0. The van der Waals surface area contributed by atoms with E-state index in [1.807, 2.05) is 0 Å². The van der Waals surface area contributed by atoms with Gasteiger partial charge in [-0.3, -0.25) is 4.79 Å². The minimum Gasteiger partial charge on any atom is -0.493 e. The number of thioether (sulfide) groups is 1. The molecule has 1 saturated heterocycles. The zero-order valence-electron chi connectivity index (χ0n) is 13.6. The van der Waals surface area contributed by atoms with E-state index in [0.29, 0.717) is 33.0 Å². The van der Waals surface area contributed by atoms with Crippen molar-refractivity contribution in [2.45, 2.75) is 0 Å². The largest absolute Gasteiger partial charge is 0.493 e. The van der Waals surface area contributed by atoms with Crippen molar-refractivity contribution in [1.29, 1.82) is 0 Å². The second-order valence-electron chi connectivity index (χ2n) is 5.42. The first-order valence-electron chi connectivity index (χ1n) is 7.65. The van der Waals surface area contributed by atoms with E-state index in [1.165, 1.54) is 23.9 Å². The Morgan fingerprint density at radius 3 is 2.85 bits per heavy atom. The molecule has 0 saturated carbocycles. The van der Waals surface area contributed by atoms with Gasteiger partial charge in [0.1, 0.15) is 5.82 Å². The van der Waals surface area contributed by atoms with Crippen molar-refractivity contribution in [1.82, 2.24) is 5.32 Å². The fraction of sp³-hybridized carbons (Fsp3) is 0.111. The molecule has 2 aromatic carbocycles. The predicted molar refractivity (Wildman–Crippen MR) is 96.3 cm³/mol. The molecule has 0 aliphatic carbocycles. The van der Waals surface area contributed by atoms with Crippen LogP contribution >= 0.6 is 11.8 Å². The lowest BCUT2D eigenvalue weighted by Crippen LogP contribution is -2.19. The minimum absolute atomic E-state index is 0.134. The second kappa shape index (κ2) is 6.72. The summed E-state index contributed by atoms with van der Waals surface area (Å²) in [5.41, 5.74) is 1.30. The first kappa shape index (κ1) is 16.5. The monoisotopic (exact) mass is 372 g/mol. The molecule has 1 amide bonds. The summed E-state index contributed by atoms with van der Waals surface area (Å²) in [6.45, 7) is 0.134. The van der Waals surface area contributed by atoms with E-state index in [0.717, 1.165) is 5.56 Å². The molecule has 132 valence electrons. The SMILES string of the molecule is COc1cc(/C=C2/SC(=Nc3ccc(F)cc3)NC2=O)cc2c1OCO2. The average Bonchev–Trinajstić information content (AvgIpc) is 3.23. The van der Waals surface area contributed by atoms with Crippen LogP contribution in [-0.4, -0.2) is 25.0 Å². The summed E-state index contributed by atoms with van der Waals surface area (Å²) in [7, 11) is 1.54. The van der Waals surface area contributed by atoms with Gasteiger partial charge in [0.15, 0.2) is 16.7 Å². The highest BCUT2D eigenvalue weighted by atomic mass is 32.2. The van der Waals surface area contributed by atoms with Crippen LogP contribution in [0.4, 0.5) is 10.1 Å². The number of rotatable bonds is 3. The Kier molecular flexibility index (Phi) is 4.26. The summed E-state index contributed by atoms with van der Waals surface area (Å²) in [5, 5.41) is 3.12. The normalized spacial score (nSPS) is 18.5. The number of hydrogen-bond acceptors (Lipinski definition) is 6. The van der Waals surface area contributed by atoms with Crippen LogP contribution in [0.1, 0.15) is 5.56 Å². The van der Waals surface area contributed by atoms with E-state index >= 15 is 0 Å². The number of hydrogen-bond donors (Lipinski definition) is 1. The van der Waals surface area contributed by atoms with Gasteiger partial charge < -0.3 is 19.5 Å². The molecular formula is C18H13FN2O4S. The Morgan fingerprint density at radius 2 is 2.08 bits per heavy atom. The van der Waals surface area contributed by atoms with Crippen LogP contribution in [0.2, 0.25) is 0 Å². The quantitative estimate of drug-likeness (QED) is 0.836. The van der Waals surface area contributed by atoms with Gasteiger partial charge in [-0.25, -0.2) is 9.38 Å². The lowest BCUT2D eigenvalue weighted by atomic mass is 10.1. The summed E-state index contributed by atoms with van der Waals surface area (Å²) < 4.78 is 29.0. The lowest BCUT2D eigenvalue weighted by Gasteiger charge is -2.06. The van der Waals surface area contributed by atoms with Gasteiger partial charge in [0.2, 0.25) is 12.5 Å². The third kappa shape index (κ3) is 3.23. The maximum Gasteiger partial charge on any atom is 0.264 e. The molecule has 0 spiro atoms. The van der Waals surface area contributed by atoms with Crippen LogP contribution < -0.4 is 19.5 Å². The van der Waals surface area contributed by atoms with E-state index in [-0.39, 0.29) is 18.5 Å². The minimum atomic E-state index is -0.339. The van der Waals surface area contributed by atoms with Gasteiger partial charge in [0, 0.05) is 0 Å². The van der Waals surface area contributed by atoms with Crippen LogP contribution in [0.5, 0.6) is 17.2 Å². The Bertz CT molecular complexity index is 941. The van der Waals surface area contributed by atoms with Crippen molar-refractivity contribution in [2.24, 2.45) is 4.99 Å². The number of ether oxygens (including phenoxy) is 3. The standard InChI is InChI=1S/C18H13FN2O4S/c1-23-13-6-10(7-14-16(13)25-9-24-14)8-15-17(22)21-18(26-15)20-12-4-2-11(19)3-5-12/h2-8H,9H2,1H3,(H,20,21,22)/b15-8+. The number of benzene rings is 2. The molecule has 0 atom stereocenters. The fourth-order valence-electron chi connectivity index (χ4n) is 2.50. The van der Waals surface area contributed by atoms with Gasteiger partial charge in [-0.05, 0) is 59.8 Å². The van der Waals surface area contributed by atoms with E-state index in [9.17, 15) is 9.18 Å². The Balaban J connectivity index is 1.60. The molecule has 2 aliphatic rings. The van der Waals surface area contributed by atoms with Gasteiger partial charge in [-0.2, -0.15) is 0 Å². The molecule has 1 N–H and O–H groups in total. The van der Waals surface area contributed by atoms with Crippen molar-refractivity contribution < 1.29 is 23.4 Å². The molecule has 0 bridgehead atoms. The van der Waals surface area contributed by atoms with E-state index in [4.69, 9.17) is 14.2 Å². The third-order valence-corrected chi connectivity index (χ3v) is 4.60. The molecule has 26 heavy (non-hydrogen) atoms. The molecule has 6 nitrogen and oxygen atoms in total. The highest BCUT2D eigenvalue weighted by molar-refractivity contribution is 8.18. The first-order valence-corrected chi connectivity index (χ1v) is 8.47. The highest BCUT2D eigenvalue weighted by Crippen LogP contribution is 2.42. The van der Waals surface area contributed by atoms with E-state index < -0.39 is 0 Å². The summed E-state index contributed by atoms with van der Waals surface area (Å²) in [4.78, 5) is 17.0. The van der Waals surface area contributed by atoms with Gasteiger partial charge in [0.05, 0.1) is 17.7 Å². The zero-order chi connectivity index (χ0) is 18.1. The predicted octanol–water partition coefficient (Wildman–Crippen LogP) is 3.45. The van der Waals surface area contributed by atoms with Gasteiger partial charge >= 0.3 is 0 Å². The Morgan fingerprint density at radius 1 is 1.27 bits per heavy atom. The number of aliphatic imine (C=N–C) groups is 1. The molecule has 2 aliphatic heterocycles. The lowest BCUT2D eigenvalue weighted by molar-refractivity contribution is -0.115. The topological polar surface area (TPSA) is 69.2 Å². The third-order valence-electron chi connectivity index (χ3n) is 3.69. The molecule has 0 radical (unpaired) electrons. The zero-order valence-corrected chi connectivity index (χ0v) is 14.4. The summed E-state index contributed by atoms with van der Waals surface area (Å²) in [6.07, 6.45) is 1.72. The van der Waals surface area contributed by atoms with Crippen molar-refractivity contribution in [3.63, 3.8) is 0 Å². The van der Waals surface area contributed by atoms with Crippen molar-refractivity contribution in [3.8, 4) is 17.2 Å². The highest BCUT2D eigenvalue weighted by Gasteiger charge is 2.25. The van der Waals surface area contributed by atoms with Crippen LogP contribution in [0, 0.1) is 5.82 Å². The molecule has 2 heterocycles. The van der Waals surface area contributed by atoms with Crippen LogP contribution in [0.3, 0.4) is 0 Å². The Labute approximate surface area is 152 Å². The second-order valence-corrected chi connectivity index (χ2v) is 6.45. The van der Waals surface area contributed by atoms with Gasteiger partial charge in [0.25, 0.3) is 5.91 Å². The smallest absolute Gasteiger partial charge is 0.264 e. The molecule has 1 fully saturated rings. The molecule has 0 unspecified atom stereocenters. The number of methoxy groups -OCH3 is 1. The number of halogens is 1. The van der Waals surface area contributed by atoms with E-state index in [2.05, 4.69) is 10.3 Å². The van der Waals surface area contributed by atoms with Crippen LogP contribution in [0.15, 0.2) is 46.3 Å². The molecule has 8 heteroatoms. The summed E-state index contributed by atoms with van der Waals surface area (Å²) >= 11 is 1.20. The number of fused-ring (bicyclic) bond motifs is 1. The number of amidine groups is 1. The maximum absolute atomic E-state index is 13.0. The van der Waals surface area contributed by atoms with Crippen LogP contribution in [-0.2, 0) is 4.79 Å². The number of nitrogens with one attached hydrogen (secondary N) is 1. The molecule has 4 rings (SSSR count). The van der Waals surface area contributed by atoms with E-state index in [1.54, 1.807) is 37.5 Å². The number of nitrogens with zero attached hydrogens (tertiary/aromatic N) is 1. The van der Waals surface area contributed by atoms with Gasteiger partial charge in [-0.1, -0.05) is 0 Å². The van der Waals surface area contributed by atoms with Crippen molar-refractivity contribution in [2.75, 3.05) is 13.9 Å². The van der Waals surface area contributed by atoms with Crippen molar-refractivity contribution >= 4 is 34.6 Å². The summed E-state index contributed by atoms with van der Waals surface area (Å²) in [5.74, 6) is 1.06. The Hall–Kier alpha value is -3.00. The molecular weight excluding hydrogens is 359 g/mol. The molecule has 2 aromatic rings. The number of carbonyl (C=O) groups excluding carboxylic acids is 1. The first-order chi connectivity index (χ1) is 12.6. The molecule has 0 aromatic heterocycles. The number of amides is 1.